The minimum absolute atomic E-state index is 0.216. The molecule has 1 aromatic heterocycles. The molecule has 0 aliphatic carbocycles. The summed E-state index contributed by atoms with van der Waals surface area (Å²) >= 11 is 1.77. The predicted octanol–water partition coefficient (Wildman–Crippen LogP) is 2.24. The molecule has 0 amide bonds. The molecule has 0 aromatic carbocycles. The lowest BCUT2D eigenvalue weighted by Crippen LogP contribution is -2.18. The highest BCUT2D eigenvalue weighted by atomic mass is 32.1. The second-order valence-electron chi connectivity index (χ2n) is 2.62. The number of rotatable bonds is 6. The number of hydrogen-bond donors (Lipinski definition) is 1. The minimum atomic E-state index is -0.216. The number of thiophene rings is 1. The molecule has 1 N–H and O–H groups in total. The minimum Gasteiger partial charge on any atom is -0.316 e. The van der Waals surface area contributed by atoms with Crippen LogP contribution >= 0.6 is 11.3 Å². The molecular formula is C9H14FNS. The van der Waals surface area contributed by atoms with Gasteiger partial charge in [0.25, 0.3) is 0 Å². The van der Waals surface area contributed by atoms with Gasteiger partial charge in [-0.25, -0.2) is 0 Å². The molecule has 0 spiro atoms. The number of alkyl halides is 1. The van der Waals surface area contributed by atoms with E-state index in [4.69, 9.17) is 0 Å². The van der Waals surface area contributed by atoms with Crippen LogP contribution in [-0.2, 0) is 6.42 Å². The zero-order valence-electron chi connectivity index (χ0n) is 7.05. The average Bonchev–Trinajstić information content (AvgIpc) is 2.57. The van der Waals surface area contributed by atoms with Crippen LogP contribution < -0.4 is 5.32 Å². The van der Waals surface area contributed by atoms with E-state index >= 15 is 0 Å². The van der Waals surface area contributed by atoms with E-state index < -0.39 is 0 Å². The summed E-state index contributed by atoms with van der Waals surface area (Å²) in [6.45, 7) is 1.54. The van der Waals surface area contributed by atoms with Crippen molar-refractivity contribution in [2.75, 3.05) is 19.8 Å². The molecule has 68 valence electrons. The number of hydrogen-bond acceptors (Lipinski definition) is 2. The maximum Gasteiger partial charge on any atom is 0.0906 e. The maximum atomic E-state index is 11.7. The van der Waals surface area contributed by atoms with Gasteiger partial charge in [0.15, 0.2) is 0 Å². The second kappa shape index (κ2) is 6.14. The van der Waals surface area contributed by atoms with E-state index in [1.54, 1.807) is 11.3 Å². The molecule has 0 bridgehead atoms. The first-order valence-corrected chi connectivity index (χ1v) is 5.10. The third kappa shape index (κ3) is 3.83. The first kappa shape index (κ1) is 9.68. The van der Waals surface area contributed by atoms with E-state index in [-0.39, 0.29) is 6.67 Å². The van der Waals surface area contributed by atoms with Crippen molar-refractivity contribution >= 4 is 11.3 Å². The smallest absolute Gasteiger partial charge is 0.0906 e. The Labute approximate surface area is 76.6 Å². The molecule has 0 aliphatic rings. The highest BCUT2D eigenvalue weighted by Gasteiger charge is 1.92. The third-order valence-electron chi connectivity index (χ3n) is 1.62. The molecule has 1 heterocycles. The van der Waals surface area contributed by atoms with Crippen LogP contribution in [-0.4, -0.2) is 19.8 Å². The lowest BCUT2D eigenvalue weighted by Gasteiger charge is -2.00. The Balaban J connectivity index is 1.96. The summed E-state index contributed by atoms with van der Waals surface area (Å²) in [5.74, 6) is 0. The fourth-order valence-electron chi connectivity index (χ4n) is 0.983. The first-order chi connectivity index (χ1) is 5.93. The van der Waals surface area contributed by atoms with Crippen LogP contribution in [0.15, 0.2) is 17.5 Å². The van der Waals surface area contributed by atoms with Gasteiger partial charge in [0.05, 0.1) is 6.67 Å². The SMILES string of the molecule is FCCCNCCc1cccs1. The Hall–Kier alpha value is -0.410. The molecule has 0 radical (unpaired) electrons. The lowest BCUT2D eigenvalue weighted by molar-refractivity contribution is 0.460. The maximum absolute atomic E-state index is 11.7. The summed E-state index contributed by atoms with van der Waals surface area (Å²) in [6.07, 6.45) is 1.69. The van der Waals surface area contributed by atoms with Crippen LogP contribution in [0.5, 0.6) is 0 Å². The molecule has 0 atom stereocenters. The van der Waals surface area contributed by atoms with Crippen LogP contribution in [0.25, 0.3) is 0 Å². The van der Waals surface area contributed by atoms with Crippen molar-refractivity contribution in [2.24, 2.45) is 0 Å². The van der Waals surface area contributed by atoms with E-state index in [0.717, 1.165) is 19.5 Å². The molecule has 0 unspecified atom stereocenters. The molecule has 0 saturated carbocycles. The molecule has 0 fully saturated rings. The van der Waals surface area contributed by atoms with Gasteiger partial charge < -0.3 is 5.32 Å². The number of nitrogens with one attached hydrogen (secondary N) is 1. The van der Waals surface area contributed by atoms with Gasteiger partial charge in [-0.2, -0.15) is 0 Å². The molecule has 0 aliphatic heterocycles. The normalized spacial score (nSPS) is 10.4. The standard InChI is InChI=1S/C9H14FNS/c10-5-2-6-11-7-4-9-3-1-8-12-9/h1,3,8,11H,2,4-7H2. The topological polar surface area (TPSA) is 12.0 Å². The second-order valence-corrected chi connectivity index (χ2v) is 3.65. The van der Waals surface area contributed by atoms with Gasteiger partial charge in [-0.1, -0.05) is 6.07 Å². The van der Waals surface area contributed by atoms with Gasteiger partial charge in [0.1, 0.15) is 0 Å². The van der Waals surface area contributed by atoms with E-state index in [1.807, 2.05) is 0 Å². The zero-order valence-corrected chi connectivity index (χ0v) is 7.87. The summed E-state index contributed by atoms with van der Waals surface area (Å²) in [5, 5.41) is 5.27. The van der Waals surface area contributed by atoms with Crippen molar-refractivity contribution in [2.45, 2.75) is 12.8 Å². The molecule has 3 heteroatoms. The largest absolute Gasteiger partial charge is 0.316 e. The van der Waals surface area contributed by atoms with Crippen LogP contribution in [0.3, 0.4) is 0 Å². The highest BCUT2D eigenvalue weighted by molar-refractivity contribution is 7.09. The lowest BCUT2D eigenvalue weighted by atomic mass is 10.3. The van der Waals surface area contributed by atoms with Crippen molar-refractivity contribution in [1.82, 2.24) is 5.32 Å². The summed E-state index contributed by atoms with van der Waals surface area (Å²) < 4.78 is 11.7. The van der Waals surface area contributed by atoms with Crippen LogP contribution in [0.1, 0.15) is 11.3 Å². The third-order valence-corrected chi connectivity index (χ3v) is 2.55. The molecule has 12 heavy (non-hydrogen) atoms. The Morgan fingerprint density at radius 2 is 2.33 bits per heavy atom. The van der Waals surface area contributed by atoms with Gasteiger partial charge in [-0.05, 0) is 37.4 Å². The van der Waals surface area contributed by atoms with Crippen molar-refractivity contribution in [3.8, 4) is 0 Å². The average molecular weight is 187 g/mol. The quantitative estimate of drug-likeness (QED) is 0.673. The van der Waals surface area contributed by atoms with Crippen LogP contribution in [0, 0.1) is 0 Å². The summed E-state index contributed by atoms with van der Waals surface area (Å²) in [5.41, 5.74) is 0. The van der Waals surface area contributed by atoms with E-state index in [1.165, 1.54) is 4.88 Å². The van der Waals surface area contributed by atoms with Gasteiger partial charge in [0.2, 0.25) is 0 Å². The summed E-state index contributed by atoms with van der Waals surface area (Å²) in [7, 11) is 0. The van der Waals surface area contributed by atoms with E-state index in [2.05, 4.69) is 22.8 Å². The van der Waals surface area contributed by atoms with Gasteiger partial charge >= 0.3 is 0 Å². The van der Waals surface area contributed by atoms with Crippen LogP contribution in [0.2, 0.25) is 0 Å². The molecule has 1 aromatic rings. The zero-order chi connectivity index (χ0) is 8.65. The summed E-state index contributed by atoms with van der Waals surface area (Å²) in [6, 6.07) is 4.18. The Morgan fingerprint density at radius 1 is 1.42 bits per heavy atom. The van der Waals surface area contributed by atoms with Crippen molar-refractivity contribution in [1.29, 1.82) is 0 Å². The Bertz CT molecular complexity index is 186. The number of halogens is 1. The van der Waals surface area contributed by atoms with Crippen molar-refractivity contribution in [3.05, 3.63) is 22.4 Å². The fraction of sp³-hybridized carbons (Fsp3) is 0.556. The van der Waals surface area contributed by atoms with Gasteiger partial charge in [-0.3, -0.25) is 4.39 Å². The van der Waals surface area contributed by atoms with Gasteiger partial charge in [-0.15, -0.1) is 11.3 Å². The monoisotopic (exact) mass is 187 g/mol. The van der Waals surface area contributed by atoms with Crippen LogP contribution in [0.4, 0.5) is 4.39 Å². The van der Waals surface area contributed by atoms with E-state index in [0.29, 0.717) is 6.42 Å². The molecule has 1 rings (SSSR count). The van der Waals surface area contributed by atoms with Crippen molar-refractivity contribution < 1.29 is 4.39 Å². The predicted molar refractivity (Wildman–Crippen MR) is 51.5 cm³/mol. The first-order valence-electron chi connectivity index (χ1n) is 4.22. The summed E-state index contributed by atoms with van der Waals surface area (Å²) in [4.78, 5) is 1.39. The van der Waals surface area contributed by atoms with E-state index in [9.17, 15) is 4.39 Å². The Kier molecular flexibility index (Phi) is 4.95. The fourth-order valence-corrected chi connectivity index (χ4v) is 1.69. The van der Waals surface area contributed by atoms with Gasteiger partial charge in [0, 0.05) is 4.88 Å². The molecule has 0 saturated heterocycles. The molecule has 1 nitrogen and oxygen atoms in total. The Morgan fingerprint density at radius 3 is 3.00 bits per heavy atom. The molecular weight excluding hydrogens is 173 g/mol. The van der Waals surface area contributed by atoms with Crippen molar-refractivity contribution in [3.63, 3.8) is 0 Å². The highest BCUT2D eigenvalue weighted by Crippen LogP contribution is 2.07.